The number of pyridine rings is 1. The molecule has 0 saturated carbocycles. The average Bonchev–Trinajstić information content (AvgIpc) is 3.34. The molecule has 2 aromatic carbocycles. The predicted molar refractivity (Wildman–Crippen MR) is 133 cm³/mol. The van der Waals surface area contributed by atoms with Crippen molar-refractivity contribution >= 4 is 11.5 Å². The van der Waals surface area contributed by atoms with E-state index in [-0.39, 0.29) is 11.6 Å². The summed E-state index contributed by atoms with van der Waals surface area (Å²) in [6.07, 6.45) is 3.26. The molecule has 0 radical (unpaired) electrons. The first-order chi connectivity index (χ1) is 16.5. The van der Waals surface area contributed by atoms with Gasteiger partial charge in [-0.25, -0.2) is 13.8 Å². The minimum atomic E-state index is -0.549. The lowest BCUT2D eigenvalue weighted by Gasteiger charge is -2.37. The Kier molecular flexibility index (Phi) is 6.42. The maximum absolute atomic E-state index is 14.1. The fourth-order valence-corrected chi connectivity index (χ4v) is 4.90. The first-order valence-electron chi connectivity index (χ1n) is 12.1. The van der Waals surface area contributed by atoms with Gasteiger partial charge in [0.15, 0.2) is 0 Å². The van der Waals surface area contributed by atoms with Crippen molar-refractivity contribution < 1.29 is 8.78 Å². The van der Waals surface area contributed by atoms with Crippen LogP contribution in [0.4, 0.5) is 14.6 Å². The number of rotatable bonds is 5. The summed E-state index contributed by atoms with van der Waals surface area (Å²) >= 11 is 0. The van der Waals surface area contributed by atoms with E-state index in [1.165, 1.54) is 18.2 Å². The van der Waals surface area contributed by atoms with Crippen molar-refractivity contribution in [2.24, 2.45) is 4.99 Å². The molecule has 3 aromatic rings. The van der Waals surface area contributed by atoms with Gasteiger partial charge in [0.05, 0.1) is 11.6 Å². The number of piperazine rings is 1. The number of benzene rings is 2. The van der Waals surface area contributed by atoms with Crippen molar-refractivity contribution in [2.75, 3.05) is 31.1 Å². The Hall–Kier alpha value is -3.12. The second-order valence-electron chi connectivity index (χ2n) is 9.37. The van der Waals surface area contributed by atoms with Crippen molar-refractivity contribution in [1.29, 1.82) is 0 Å². The number of nitrogens with zero attached hydrogens (tertiary/aromatic N) is 4. The van der Waals surface area contributed by atoms with Gasteiger partial charge in [0.2, 0.25) is 0 Å². The minimum Gasteiger partial charge on any atom is -0.354 e. The molecule has 1 fully saturated rings. The van der Waals surface area contributed by atoms with Gasteiger partial charge in [-0.05, 0) is 62.1 Å². The zero-order valence-corrected chi connectivity index (χ0v) is 19.7. The third-order valence-corrected chi connectivity index (χ3v) is 6.96. The Balaban J connectivity index is 1.26. The highest BCUT2D eigenvalue weighted by molar-refractivity contribution is 6.02. The molecule has 1 unspecified atom stereocenters. The molecule has 1 saturated heterocycles. The molecule has 1 aromatic heterocycles. The summed E-state index contributed by atoms with van der Waals surface area (Å²) in [5.41, 5.74) is 3.75. The van der Waals surface area contributed by atoms with Crippen LogP contribution in [0.25, 0.3) is 11.1 Å². The standard InChI is InChI=1S/C28H30F2N4/c1-19(2)33-14-16-34(17-15-33)27-13-10-22(18-31-27)20-6-8-21(9-7-20)25-11-12-26(32-25)28-23(29)4-3-5-24(28)30/h3-10,13,18-19,25H,11-12,14-17H2,1-2H3. The molecule has 0 bridgehead atoms. The third-order valence-electron chi connectivity index (χ3n) is 6.96. The Morgan fingerprint density at radius 3 is 2.15 bits per heavy atom. The molecule has 4 nitrogen and oxygen atoms in total. The van der Waals surface area contributed by atoms with E-state index in [4.69, 9.17) is 4.98 Å². The van der Waals surface area contributed by atoms with Crippen LogP contribution < -0.4 is 4.90 Å². The zero-order valence-electron chi connectivity index (χ0n) is 19.7. The summed E-state index contributed by atoms with van der Waals surface area (Å²) in [5, 5.41) is 0. The van der Waals surface area contributed by atoms with E-state index in [9.17, 15) is 8.78 Å². The molecule has 0 aliphatic carbocycles. The van der Waals surface area contributed by atoms with Crippen LogP contribution in [0.15, 0.2) is 65.8 Å². The van der Waals surface area contributed by atoms with Crippen LogP contribution in [0.5, 0.6) is 0 Å². The van der Waals surface area contributed by atoms with Crippen molar-refractivity contribution in [3.63, 3.8) is 0 Å². The lowest BCUT2D eigenvalue weighted by atomic mass is 10.00. The van der Waals surface area contributed by atoms with Crippen molar-refractivity contribution in [2.45, 2.75) is 38.8 Å². The Morgan fingerprint density at radius 1 is 0.853 bits per heavy atom. The summed E-state index contributed by atoms with van der Waals surface area (Å²) in [6.45, 7) is 8.62. The maximum Gasteiger partial charge on any atom is 0.135 e. The van der Waals surface area contributed by atoms with E-state index in [1.807, 2.05) is 6.20 Å². The molecule has 0 N–H and O–H groups in total. The molecule has 1 atom stereocenters. The minimum absolute atomic E-state index is 0.0124. The lowest BCUT2D eigenvalue weighted by molar-refractivity contribution is 0.209. The Bertz CT molecular complexity index is 1140. The van der Waals surface area contributed by atoms with E-state index < -0.39 is 11.6 Å². The van der Waals surface area contributed by atoms with E-state index in [2.05, 4.69) is 65.0 Å². The Labute approximate surface area is 200 Å². The number of aliphatic imine (C=N–C) groups is 1. The number of hydrogen-bond donors (Lipinski definition) is 0. The highest BCUT2D eigenvalue weighted by Gasteiger charge is 2.24. The summed E-state index contributed by atoms with van der Waals surface area (Å²) < 4.78 is 28.3. The summed E-state index contributed by atoms with van der Waals surface area (Å²) in [7, 11) is 0. The summed E-state index contributed by atoms with van der Waals surface area (Å²) in [6, 6.07) is 17.0. The number of halogens is 2. The van der Waals surface area contributed by atoms with E-state index in [0.29, 0.717) is 18.2 Å². The second kappa shape index (κ2) is 9.63. The topological polar surface area (TPSA) is 31.7 Å². The van der Waals surface area contributed by atoms with Gasteiger partial charge in [0.25, 0.3) is 0 Å². The van der Waals surface area contributed by atoms with Crippen LogP contribution >= 0.6 is 0 Å². The maximum atomic E-state index is 14.1. The first kappa shape index (κ1) is 22.7. The molecule has 3 heterocycles. The monoisotopic (exact) mass is 460 g/mol. The van der Waals surface area contributed by atoms with Crippen molar-refractivity contribution in [3.8, 4) is 11.1 Å². The third kappa shape index (κ3) is 4.60. The van der Waals surface area contributed by atoms with Gasteiger partial charge in [-0.2, -0.15) is 0 Å². The van der Waals surface area contributed by atoms with E-state index in [0.717, 1.165) is 55.1 Å². The molecule has 2 aliphatic rings. The summed E-state index contributed by atoms with van der Waals surface area (Å²) in [5.74, 6) is -0.0723. The largest absolute Gasteiger partial charge is 0.354 e. The van der Waals surface area contributed by atoms with Gasteiger partial charge in [-0.1, -0.05) is 30.3 Å². The van der Waals surface area contributed by atoms with Gasteiger partial charge in [-0.15, -0.1) is 0 Å². The quantitative estimate of drug-likeness (QED) is 0.476. The molecule has 6 heteroatoms. The van der Waals surface area contributed by atoms with Crippen molar-refractivity contribution in [1.82, 2.24) is 9.88 Å². The fourth-order valence-electron chi connectivity index (χ4n) is 4.90. The van der Waals surface area contributed by atoms with Crippen LogP contribution in [0, 0.1) is 11.6 Å². The molecular formula is C28H30F2N4. The summed E-state index contributed by atoms with van der Waals surface area (Å²) in [4.78, 5) is 14.2. The van der Waals surface area contributed by atoms with Gasteiger partial charge >= 0.3 is 0 Å². The molecular weight excluding hydrogens is 430 g/mol. The van der Waals surface area contributed by atoms with Gasteiger partial charge in [-0.3, -0.25) is 9.89 Å². The molecule has 5 rings (SSSR count). The molecule has 0 amide bonds. The SMILES string of the molecule is CC(C)N1CCN(c2ccc(-c3ccc(C4CCC(c5c(F)cccc5F)=N4)cc3)cn2)CC1. The number of aromatic nitrogens is 1. The normalized spacial score (nSPS) is 19.0. The van der Waals surface area contributed by atoms with Crippen molar-refractivity contribution in [3.05, 3.63) is 83.6 Å². The molecule has 0 spiro atoms. The van der Waals surface area contributed by atoms with Crippen LogP contribution in [0.1, 0.15) is 43.9 Å². The highest BCUT2D eigenvalue weighted by Crippen LogP contribution is 2.33. The Morgan fingerprint density at radius 2 is 1.53 bits per heavy atom. The van der Waals surface area contributed by atoms with Crippen LogP contribution in [0.3, 0.4) is 0 Å². The zero-order chi connectivity index (χ0) is 23.7. The lowest BCUT2D eigenvalue weighted by Crippen LogP contribution is -2.49. The van der Waals surface area contributed by atoms with Gasteiger partial charge < -0.3 is 4.90 Å². The first-order valence-corrected chi connectivity index (χ1v) is 12.1. The van der Waals surface area contributed by atoms with E-state index >= 15 is 0 Å². The van der Waals surface area contributed by atoms with Gasteiger partial charge in [0, 0.05) is 49.7 Å². The van der Waals surface area contributed by atoms with E-state index in [1.54, 1.807) is 0 Å². The average molecular weight is 461 g/mol. The van der Waals surface area contributed by atoms with Crippen LogP contribution in [-0.2, 0) is 0 Å². The van der Waals surface area contributed by atoms with Crippen LogP contribution in [0.2, 0.25) is 0 Å². The molecule has 34 heavy (non-hydrogen) atoms. The van der Waals surface area contributed by atoms with Crippen LogP contribution in [-0.4, -0.2) is 47.8 Å². The number of anilines is 1. The van der Waals surface area contributed by atoms with Gasteiger partial charge in [0.1, 0.15) is 17.5 Å². The number of hydrogen-bond acceptors (Lipinski definition) is 4. The highest BCUT2D eigenvalue weighted by atomic mass is 19.1. The predicted octanol–water partition coefficient (Wildman–Crippen LogP) is 5.88. The smallest absolute Gasteiger partial charge is 0.135 e. The molecule has 176 valence electrons. The fraction of sp³-hybridized carbons (Fsp3) is 0.357. The molecule has 2 aliphatic heterocycles. The second-order valence-corrected chi connectivity index (χ2v) is 9.37.